The van der Waals surface area contributed by atoms with Gasteiger partial charge in [0.25, 0.3) is 0 Å². The van der Waals surface area contributed by atoms with E-state index in [1.54, 1.807) is 14.0 Å². The van der Waals surface area contributed by atoms with Crippen LogP contribution in [0, 0.1) is 17.8 Å². The summed E-state index contributed by atoms with van der Waals surface area (Å²) in [5.74, 6) is 3.62. The normalized spacial score (nSPS) is 36.8. The molecule has 5 rings (SSSR count). The van der Waals surface area contributed by atoms with Crippen molar-refractivity contribution in [3.63, 3.8) is 0 Å². The van der Waals surface area contributed by atoms with Gasteiger partial charge < -0.3 is 4.74 Å². The summed E-state index contributed by atoms with van der Waals surface area (Å²) in [6.07, 6.45) is 8.37. The topological polar surface area (TPSA) is 26.3 Å². The van der Waals surface area contributed by atoms with E-state index in [1.165, 1.54) is 44.1 Å². The Morgan fingerprint density at radius 1 is 1.10 bits per heavy atom. The van der Waals surface area contributed by atoms with Gasteiger partial charge in [-0.15, -0.1) is 0 Å². The lowest BCUT2D eigenvalue weighted by Crippen LogP contribution is -2.48. The fourth-order valence-electron chi connectivity index (χ4n) is 5.78. The fourth-order valence-corrected chi connectivity index (χ4v) is 5.78. The highest BCUT2D eigenvalue weighted by atomic mass is 16.5. The lowest BCUT2D eigenvalue weighted by molar-refractivity contribution is -0.00521. The number of rotatable bonds is 3. The first-order chi connectivity index (χ1) is 10.1. The Morgan fingerprint density at radius 3 is 2.14 bits per heavy atom. The number of ether oxygens (including phenoxy) is 1. The summed E-state index contributed by atoms with van der Waals surface area (Å²) >= 11 is 0. The summed E-state index contributed by atoms with van der Waals surface area (Å²) in [5, 5.41) is 0. The highest BCUT2D eigenvalue weighted by Gasteiger charge is 2.51. The highest BCUT2D eigenvalue weighted by Crippen LogP contribution is 2.60. The average molecular weight is 284 g/mol. The van der Waals surface area contributed by atoms with Crippen LogP contribution >= 0.6 is 0 Å². The van der Waals surface area contributed by atoms with Gasteiger partial charge in [0.15, 0.2) is 5.78 Å². The zero-order valence-corrected chi connectivity index (χ0v) is 13.0. The quantitative estimate of drug-likeness (QED) is 0.771. The molecule has 0 unspecified atom stereocenters. The van der Waals surface area contributed by atoms with Crippen LogP contribution in [-0.2, 0) is 5.41 Å². The maximum absolute atomic E-state index is 11.9. The van der Waals surface area contributed by atoms with E-state index in [9.17, 15) is 4.79 Å². The van der Waals surface area contributed by atoms with E-state index in [2.05, 4.69) is 12.1 Å². The van der Waals surface area contributed by atoms with Crippen LogP contribution in [0.3, 0.4) is 0 Å². The molecule has 1 aromatic carbocycles. The van der Waals surface area contributed by atoms with E-state index in [0.29, 0.717) is 5.41 Å². The minimum atomic E-state index is 0.110. The number of ketones is 1. The van der Waals surface area contributed by atoms with Crippen molar-refractivity contribution in [2.45, 2.75) is 50.9 Å². The molecular formula is C19H24O2. The van der Waals surface area contributed by atoms with Crippen molar-refractivity contribution in [2.75, 3.05) is 7.11 Å². The Hall–Kier alpha value is -1.31. The molecule has 4 aliphatic rings. The van der Waals surface area contributed by atoms with Crippen molar-refractivity contribution in [3.05, 3.63) is 29.3 Å². The minimum Gasteiger partial charge on any atom is -0.496 e. The van der Waals surface area contributed by atoms with Crippen molar-refractivity contribution < 1.29 is 9.53 Å². The molecule has 21 heavy (non-hydrogen) atoms. The minimum absolute atomic E-state index is 0.110. The van der Waals surface area contributed by atoms with E-state index >= 15 is 0 Å². The van der Waals surface area contributed by atoms with E-state index in [0.717, 1.165) is 29.1 Å². The van der Waals surface area contributed by atoms with E-state index in [1.807, 2.05) is 6.07 Å². The van der Waals surface area contributed by atoms with Gasteiger partial charge in [0.2, 0.25) is 0 Å². The Bertz CT molecular complexity index is 552. The molecule has 4 bridgehead atoms. The van der Waals surface area contributed by atoms with Crippen LogP contribution in [0.25, 0.3) is 0 Å². The van der Waals surface area contributed by atoms with Crippen LogP contribution in [0.1, 0.15) is 61.4 Å². The molecule has 1 aromatic rings. The summed E-state index contributed by atoms with van der Waals surface area (Å²) in [4.78, 5) is 11.9. The smallest absolute Gasteiger partial charge is 0.163 e. The standard InChI is InChI=1S/C19H24O2/c1-12(20)17-8-16(3-4-18(17)21-2)19-9-13-5-14(10-19)7-15(6-13)11-19/h3-4,8,13-15H,5-7,9-11H2,1-2H3. The van der Waals surface area contributed by atoms with Crippen LogP contribution in [-0.4, -0.2) is 12.9 Å². The van der Waals surface area contributed by atoms with Crippen LogP contribution in [0.2, 0.25) is 0 Å². The van der Waals surface area contributed by atoms with Crippen LogP contribution in [0.5, 0.6) is 5.75 Å². The first kappa shape index (κ1) is 13.4. The second-order valence-corrected chi connectivity index (χ2v) is 7.67. The van der Waals surface area contributed by atoms with E-state index < -0.39 is 0 Å². The molecule has 0 spiro atoms. The third kappa shape index (κ3) is 2.03. The third-order valence-electron chi connectivity index (χ3n) is 6.23. The number of carbonyl (C=O) groups excluding carboxylic acids is 1. The van der Waals surface area contributed by atoms with Gasteiger partial charge in [-0.2, -0.15) is 0 Å². The molecule has 2 heteroatoms. The summed E-state index contributed by atoms with van der Waals surface area (Å²) in [6, 6.07) is 6.36. The van der Waals surface area contributed by atoms with Gasteiger partial charge in [-0.1, -0.05) is 6.07 Å². The number of hydrogen-bond acceptors (Lipinski definition) is 2. The van der Waals surface area contributed by atoms with Gasteiger partial charge in [-0.3, -0.25) is 4.79 Å². The fraction of sp³-hybridized carbons (Fsp3) is 0.632. The maximum Gasteiger partial charge on any atom is 0.163 e. The maximum atomic E-state index is 11.9. The second-order valence-electron chi connectivity index (χ2n) is 7.67. The Morgan fingerprint density at radius 2 is 1.67 bits per heavy atom. The Kier molecular flexibility index (Phi) is 2.92. The summed E-state index contributed by atoms with van der Waals surface area (Å²) in [7, 11) is 1.65. The van der Waals surface area contributed by atoms with Gasteiger partial charge in [0.05, 0.1) is 12.7 Å². The van der Waals surface area contributed by atoms with Gasteiger partial charge in [0.1, 0.15) is 5.75 Å². The molecule has 0 heterocycles. The molecule has 2 nitrogen and oxygen atoms in total. The lowest BCUT2D eigenvalue weighted by Gasteiger charge is -2.57. The van der Waals surface area contributed by atoms with Crippen molar-refractivity contribution in [3.8, 4) is 5.75 Å². The van der Waals surface area contributed by atoms with E-state index in [-0.39, 0.29) is 5.78 Å². The van der Waals surface area contributed by atoms with Crippen molar-refractivity contribution in [2.24, 2.45) is 17.8 Å². The number of Topliss-reactive ketones (excluding diaryl/α,β-unsaturated/α-hetero) is 1. The molecule has 0 N–H and O–H groups in total. The first-order valence-corrected chi connectivity index (χ1v) is 8.29. The van der Waals surface area contributed by atoms with Crippen LogP contribution in [0.4, 0.5) is 0 Å². The SMILES string of the molecule is COc1ccc(C23CC4CC(CC(C4)C2)C3)cc1C(C)=O. The largest absolute Gasteiger partial charge is 0.496 e. The Balaban J connectivity index is 1.76. The molecule has 4 aliphatic carbocycles. The van der Waals surface area contributed by atoms with Crippen LogP contribution < -0.4 is 4.74 Å². The van der Waals surface area contributed by atoms with Crippen molar-refractivity contribution >= 4 is 5.78 Å². The number of hydrogen-bond donors (Lipinski definition) is 0. The molecule has 4 saturated carbocycles. The van der Waals surface area contributed by atoms with Crippen molar-refractivity contribution in [1.29, 1.82) is 0 Å². The number of benzene rings is 1. The number of carbonyl (C=O) groups is 1. The average Bonchev–Trinajstić information content (AvgIpc) is 2.45. The summed E-state index contributed by atoms with van der Waals surface area (Å²) < 4.78 is 5.36. The van der Waals surface area contributed by atoms with Gasteiger partial charge in [-0.25, -0.2) is 0 Å². The first-order valence-electron chi connectivity index (χ1n) is 8.29. The number of methoxy groups -OCH3 is 1. The summed E-state index contributed by atoms with van der Waals surface area (Å²) in [6.45, 7) is 1.64. The lowest BCUT2D eigenvalue weighted by atomic mass is 9.48. The molecule has 4 fully saturated rings. The zero-order valence-electron chi connectivity index (χ0n) is 13.0. The molecule has 0 aromatic heterocycles. The van der Waals surface area contributed by atoms with Crippen LogP contribution in [0.15, 0.2) is 18.2 Å². The predicted octanol–water partition coefficient (Wildman–Crippen LogP) is 4.37. The molecule has 0 saturated heterocycles. The molecule has 0 amide bonds. The van der Waals surface area contributed by atoms with Crippen molar-refractivity contribution in [1.82, 2.24) is 0 Å². The van der Waals surface area contributed by atoms with Gasteiger partial charge >= 0.3 is 0 Å². The van der Waals surface area contributed by atoms with E-state index in [4.69, 9.17) is 4.74 Å². The highest BCUT2D eigenvalue weighted by molar-refractivity contribution is 5.97. The summed E-state index contributed by atoms with van der Waals surface area (Å²) in [5.41, 5.74) is 2.50. The molecule has 112 valence electrons. The zero-order chi connectivity index (χ0) is 14.6. The van der Waals surface area contributed by atoms with Gasteiger partial charge in [-0.05, 0) is 86.3 Å². The molecule has 0 radical (unpaired) electrons. The molecule has 0 aliphatic heterocycles. The Labute approximate surface area is 126 Å². The predicted molar refractivity (Wildman–Crippen MR) is 82.8 cm³/mol. The second kappa shape index (κ2) is 4.59. The van der Waals surface area contributed by atoms with Gasteiger partial charge in [0, 0.05) is 0 Å². The third-order valence-corrected chi connectivity index (χ3v) is 6.23. The molecule has 0 atom stereocenters. The monoisotopic (exact) mass is 284 g/mol. The molecular weight excluding hydrogens is 260 g/mol.